The standard InChI is InChI=1S/C16H25N3O3S/c1-12-4-5-15(10-13(12)2)23(21,22)19-8-6-18(7-9-19)16(20)11-14(3)17/h4-5,10,14H,6-9,11,17H2,1-3H3. The Bertz CT molecular complexity index is 678. The van der Waals surface area contributed by atoms with E-state index in [4.69, 9.17) is 5.73 Å². The molecule has 0 aromatic heterocycles. The van der Waals surface area contributed by atoms with E-state index in [9.17, 15) is 13.2 Å². The van der Waals surface area contributed by atoms with E-state index in [0.29, 0.717) is 37.5 Å². The Balaban J connectivity index is 2.06. The van der Waals surface area contributed by atoms with Crippen LogP contribution in [0.2, 0.25) is 0 Å². The Morgan fingerprint density at radius 1 is 1.17 bits per heavy atom. The number of carbonyl (C=O) groups is 1. The summed E-state index contributed by atoms with van der Waals surface area (Å²) in [6, 6.07) is 4.99. The van der Waals surface area contributed by atoms with Crippen molar-refractivity contribution < 1.29 is 13.2 Å². The summed E-state index contributed by atoms with van der Waals surface area (Å²) >= 11 is 0. The zero-order valence-electron chi connectivity index (χ0n) is 13.9. The fraction of sp³-hybridized carbons (Fsp3) is 0.562. The molecular formula is C16H25N3O3S. The van der Waals surface area contributed by atoms with Crippen LogP contribution >= 0.6 is 0 Å². The zero-order valence-corrected chi connectivity index (χ0v) is 14.8. The zero-order chi connectivity index (χ0) is 17.2. The first kappa shape index (κ1) is 17.9. The van der Waals surface area contributed by atoms with Gasteiger partial charge in [0, 0.05) is 38.6 Å². The first-order chi connectivity index (χ1) is 10.7. The highest BCUT2D eigenvalue weighted by atomic mass is 32.2. The summed E-state index contributed by atoms with van der Waals surface area (Å²) in [6.45, 7) is 7.11. The molecule has 128 valence electrons. The van der Waals surface area contributed by atoms with Crippen LogP contribution in [0, 0.1) is 13.8 Å². The minimum Gasteiger partial charge on any atom is -0.340 e. The fourth-order valence-corrected chi connectivity index (χ4v) is 4.11. The number of rotatable bonds is 4. The van der Waals surface area contributed by atoms with Crippen LogP contribution in [0.25, 0.3) is 0 Å². The van der Waals surface area contributed by atoms with E-state index in [0.717, 1.165) is 11.1 Å². The molecular weight excluding hydrogens is 314 g/mol. The van der Waals surface area contributed by atoms with Crippen molar-refractivity contribution in [3.8, 4) is 0 Å². The number of hydrogen-bond donors (Lipinski definition) is 1. The van der Waals surface area contributed by atoms with Crippen molar-refractivity contribution in [3.05, 3.63) is 29.3 Å². The van der Waals surface area contributed by atoms with Crippen molar-refractivity contribution in [1.82, 2.24) is 9.21 Å². The largest absolute Gasteiger partial charge is 0.340 e. The van der Waals surface area contributed by atoms with Crippen LogP contribution in [0.3, 0.4) is 0 Å². The lowest BCUT2D eigenvalue weighted by atomic mass is 10.1. The molecule has 6 nitrogen and oxygen atoms in total. The maximum absolute atomic E-state index is 12.7. The summed E-state index contributed by atoms with van der Waals surface area (Å²) < 4.78 is 26.9. The van der Waals surface area contributed by atoms with Gasteiger partial charge < -0.3 is 10.6 Å². The van der Waals surface area contributed by atoms with Crippen LogP contribution in [0.5, 0.6) is 0 Å². The predicted molar refractivity (Wildman–Crippen MR) is 89.5 cm³/mol. The third-order valence-corrected chi connectivity index (χ3v) is 6.10. The Hall–Kier alpha value is -1.44. The first-order valence-corrected chi connectivity index (χ1v) is 9.26. The molecule has 0 saturated carbocycles. The number of carbonyl (C=O) groups excluding carboxylic acids is 1. The molecule has 2 rings (SSSR count). The van der Waals surface area contributed by atoms with Gasteiger partial charge in [0.1, 0.15) is 0 Å². The lowest BCUT2D eigenvalue weighted by Gasteiger charge is -2.34. The molecule has 0 spiro atoms. The highest BCUT2D eigenvalue weighted by molar-refractivity contribution is 7.89. The summed E-state index contributed by atoms with van der Waals surface area (Å²) in [5.41, 5.74) is 7.67. The molecule has 1 saturated heterocycles. The second-order valence-electron chi connectivity index (χ2n) is 6.21. The molecule has 1 fully saturated rings. The van der Waals surface area contributed by atoms with Gasteiger partial charge in [0.15, 0.2) is 0 Å². The van der Waals surface area contributed by atoms with Gasteiger partial charge in [-0.05, 0) is 44.0 Å². The summed E-state index contributed by atoms with van der Waals surface area (Å²) in [5.74, 6) is -0.0109. The SMILES string of the molecule is Cc1ccc(S(=O)(=O)N2CCN(C(=O)CC(C)N)CC2)cc1C. The summed E-state index contributed by atoms with van der Waals surface area (Å²) in [7, 11) is -3.50. The van der Waals surface area contributed by atoms with Crippen LogP contribution in [-0.4, -0.2) is 55.8 Å². The lowest BCUT2D eigenvalue weighted by molar-refractivity contribution is -0.132. The van der Waals surface area contributed by atoms with Crippen molar-refractivity contribution in [2.24, 2.45) is 5.73 Å². The Morgan fingerprint density at radius 3 is 2.30 bits per heavy atom. The molecule has 0 radical (unpaired) electrons. The molecule has 1 atom stereocenters. The van der Waals surface area contributed by atoms with E-state index in [1.807, 2.05) is 19.9 Å². The molecule has 1 amide bonds. The van der Waals surface area contributed by atoms with Gasteiger partial charge in [-0.1, -0.05) is 6.07 Å². The molecule has 23 heavy (non-hydrogen) atoms. The van der Waals surface area contributed by atoms with Crippen molar-refractivity contribution in [3.63, 3.8) is 0 Å². The number of benzene rings is 1. The number of hydrogen-bond acceptors (Lipinski definition) is 4. The van der Waals surface area contributed by atoms with Gasteiger partial charge in [0.05, 0.1) is 4.90 Å². The van der Waals surface area contributed by atoms with Crippen LogP contribution in [0.1, 0.15) is 24.5 Å². The molecule has 1 unspecified atom stereocenters. The van der Waals surface area contributed by atoms with E-state index in [-0.39, 0.29) is 11.9 Å². The molecule has 7 heteroatoms. The van der Waals surface area contributed by atoms with Crippen LogP contribution < -0.4 is 5.73 Å². The molecule has 1 heterocycles. The van der Waals surface area contributed by atoms with Crippen LogP contribution in [0.4, 0.5) is 0 Å². The van der Waals surface area contributed by atoms with Gasteiger partial charge in [0.2, 0.25) is 15.9 Å². The smallest absolute Gasteiger partial charge is 0.243 e. The second-order valence-corrected chi connectivity index (χ2v) is 8.15. The van der Waals surface area contributed by atoms with E-state index < -0.39 is 10.0 Å². The average molecular weight is 339 g/mol. The number of nitrogens with zero attached hydrogens (tertiary/aromatic N) is 2. The number of sulfonamides is 1. The van der Waals surface area contributed by atoms with Gasteiger partial charge in [-0.2, -0.15) is 4.31 Å². The van der Waals surface area contributed by atoms with E-state index in [1.165, 1.54) is 4.31 Å². The van der Waals surface area contributed by atoms with Crippen molar-refractivity contribution in [2.45, 2.75) is 38.1 Å². The summed E-state index contributed by atoms with van der Waals surface area (Å²) in [4.78, 5) is 14.0. The maximum Gasteiger partial charge on any atom is 0.243 e. The third-order valence-electron chi connectivity index (χ3n) is 4.20. The summed E-state index contributed by atoms with van der Waals surface area (Å²) in [5, 5.41) is 0. The van der Waals surface area contributed by atoms with Crippen molar-refractivity contribution in [2.75, 3.05) is 26.2 Å². The molecule has 1 aromatic rings. The number of amides is 1. The van der Waals surface area contributed by atoms with E-state index >= 15 is 0 Å². The number of nitrogens with two attached hydrogens (primary N) is 1. The van der Waals surface area contributed by atoms with Crippen LogP contribution in [-0.2, 0) is 14.8 Å². The minimum absolute atomic E-state index is 0.0109. The Kier molecular flexibility index (Phi) is 5.44. The van der Waals surface area contributed by atoms with Gasteiger partial charge in [-0.15, -0.1) is 0 Å². The average Bonchev–Trinajstić information content (AvgIpc) is 2.49. The monoisotopic (exact) mass is 339 g/mol. The third kappa shape index (κ3) is 4.10. The van der Waals surface area contributed by atoms with Gasteiger partial charge in [-0.25, -0.2) is 8.42 Å². The maximum atomic E-state index is 12.7. The predicted octanol–water partition coefficient (Wildman–Crippen LogP) is 0.874. The highest BCUT2D eigenvalue weighted by Crippen LogP contribution is 2.20. The van der Waals surface area contributed by atoms with Crippen LogP contribution in [0.15, 0.2) is 23.1 Å². The van der Waals surface area contributed by atoms with Gasteiger partial charge in [-0.3, -0.25) is 4.79 Å². The molecule has 1 aromatic carbocycles. The molecule has 1 aliphatic rings. The Morgan fingerprint density at radius 2 is 1.78 bits per heavy atom. The first-order valence-electron chi connectivity index (χ1n) is 7.82. The quantitative estimate of drug-likeness (QED) is 0.882. The van der Waals surface area contributed by atoms with Gasteiger partial charge >= 0.3 is 0 Å². The summed E-state index contributed by atoms with van der Waals surface area (Å²) in [6.07, 6.45) is 0.296. The van der Waals surface area contributed by atoms with Crippen molar-refractivity contribution in [1.29, 1.82) is 0 Å². The number of aryl methyl sites for hydroxylation is 2. The minimum atomic E-state index is -3.50. The Labute approximate surface area is 138 Å². The van der Waals surface area contributed by atoms with E-state index in [1.54, 1.807) is 24.0 Å². The molecule has 1 aliphatic heterocycles. The lowest BCUT2D eigenvalue weighted by Crippen LogP contribution is -2.51. The van der Waals surface area contributed by atoms with E-state index in [2.05, 4.69) is 0 Å². The fourth-order valence-electron chi connectivity index (χ4n) is 2.61. The molecule has 0 bridgehead atoms. The second kappa shape index (κ2) is 6.98. The highest BCUT2D eigenvalue weighted by Gasteiger charge is 2.30. The molecule has 0 aliphatic carbocycles. The van der Waals surface area contributed by atoms with Gasteiger partial charge in [0.25, 0.3) is 0 Å². The van der Waals surface area contributed by atoms with Crippen molar-refractivity contribution >= 4 is 15.9 Å². The molecule has 2 N–H and O–H groups in total. The number of piperazine rings is 1. The topological polar surface area (TPSA) is 83.7 Å². The normalized spacial score (nSPS) is 18.0.